The van der Waals surface area contributed by atoms with Crippen LogP contribution in [-0.4, -0.2) is 9.97 Å². The van der Waals surface area contributed by atoms with Gasteiger partial charge < -0.3 is 0 Å². The largest absolute Gasteiger partial charge is 0.256 e. The van der Waals surface area contributed by atoms with Crippen LogP contribution in [0.5, 0.6) is 0 Å². The van der Waals surface area contributed by atoms with E-state index in [9.17, 15) is 0 Å². The third kappa shape index (κ3) is 2.19. The van der Waals surface area contributed by atoms with Gasteiger partial charge in [0.05, 0.1) is 23.3 Å². The van der Waals surface area contributed by atoms with E-state index in [1.807, 2.05) is 30.5 Å². The molecule has 1 aromatic heterocycles. The lowest BCUT2D eigenvalue weighted by molar-refractivity contribution is 0.507. The summed E-state index contributed by atoms with van der Waals surface area (Å²) in [7, 11) is 0. The van der Waals surface area contributed by atoms with E-state index in [2.05, 4.69) is 55.5 Å². The third-order valence-electron chi connectivity index (χ3n) is 5.48. The number of halogens is 1. The van der Waals surface area contributed by atoms with Crippen molar-refractivity contribution in [3.63, 3.8) is 0 Å². The van der Waals surface area contributed by atoms with Gasteiger partial charge in [-0.25, -0.2) is 4.98 Å². The fourth-order valence-electron chi connectivity index (χ4n) is 4.14. The van der Waals surface area contributed by atoms with Crippen molar-refractivity contribution in [1.29, 1.82) is 0 Å². The van der Waals surface area contributed by atoms with Gasteiger partial charge in [-0.1, -0.05) is 79.2 Å². The number of aromatic nitrogens is 2. The van der Waals surface area contributed by atoms with Crippen molar-refractivity contribution in [2.75, 3.05) is 0 Å². The topological polar surface area (TPSA) is 25.8 Å². The molecule has 3 aromatic rings. The molecular formula is C23H17ClN2. The van der Waals surface area contributed by atoms with E-state index in [4.69, 9.17) is 21.6 Å². The van der Waals surface area contributed by atoms with Crippen LogP contribution in [0, 0.1) is 0 Å². The number of benzene rings is 2. The Labute approximate surface area is 157 Å². The summed E-state index contributed by atoms with van der Waals surface area (Å²) in [5.41, 5.74) is 6.22. The number of rotatable bonds is 1. The Morgan fingerprint density at radius 1 is 1.04 bits per heavy atom. The Hall–Kier alpha value is -2.71. The minimum Gasteiger partial charge on any atom is -0.256 e. The molecule has 1 heterocycles. The second-order valence-corrected chi connectivity index (χ2v) is 7.49. The minimum absolute atomic E-state index is 0.0927. The van der Waals surface area contributed by atoms with Gasteiger partial charge in [0.25, 0.3) is 0 Å². The Bertz CT molecular complexity index is 1080. The molecule has 0 bridgehead atoms. The van der Waals surface area contributed by atoms with E-state index in [0.29, 0.717) is 5.02 Å². The highest BCUT2D eigenvalue weighted by Crippen LogP contribution is 2.51. The number of hydrogen-bond donors (Lipinski definition) is 0. The first kappa shape index (κ1) is 15.5. The van der Waals surface area contributed by atoms with Crippen LogP contribution in [0.15, 0.2) is 79.0 Å². The molecule has 0 aliphatic heterocycles. The van der Waals surface area contributed by atoms with Gasteiger partial charge in [-0.15, -0.1) is 0 Å². The summed E-state index contributed by atoms with van der Waals surface area (Å²) in [5, 5.41) is 0.704. The molecule has 2 aliphatic carbocycles. The van der Waals surface area contributed by atoms with E-state index >= 15 is 0 Å². The van der Waals surface area contributed by atoms with Gasteiger partial charge in [-0.05, 0) is 17.7 Å². The fourth-order valence-corrected chi connectivity index (χ4v) is 4.33. The summed E-state index contributed by atoms with van der Waals surface area (Å²) in [4.78, 5) is 9.87. The predicted molar refractivity (Wildman–Crippen MR) is 106 cm³/mol. The molecule has 2 nitrogen and oxygen atoms in total. The molecule has 0 N–H and O–H groups in total. The Kier molecular flexibility index (Phi) is 3.38. The molecule has 2 aromatic carbocycles. The number of hydrogen-bond acceptors (Lipinski definition) is 2. The van der Waals surface area contributed by atoms with E-state index < -0.39 is 0 Å². The maximum absolute atomic E-state index is 6.16. The molecule has 0 saturated carbocycles. The standard InChI is InChI=1S/C23H17ClN2/c1-23-12-5-4-11-19(23)22-21(17-9-2-3-10-18(17)23)26-20(14-25-22)15-7-6-8-16(24)13-15/h2-14,19H,1H3. The second-order valence-electron chi connectivity index (χ2n) is 7.05. The van der Waals surface area contributed by atoms with Crippen LogP contribution in [0.4, 0.5) is 0 Å². The SMILES string of the molecule is CC12C=CC=CC1c1ncc(-c3cccc(Cl)c3)nc1-c1ccccc12. The molecule has 0 amide bonds. The van der Waals surface area contributed by atoms with E-state index in [1.54, 1.807) is 0 Å². The lowest BCUT2D eigenvalue weighted by Crippen LogP contribution is -2.33. The van der Waals surface area contributed by atoms with Crippen molar-refractivity contribution in [2.24, 2.45) is 0 Å². The van der Waals surface area contributed by atoms with Crippen molar-refractivity contribution in [1.82, 2.24) is 9.97 Å². The first-order valence-corrected chi connectivity index (χ1v) is 9.13. The fraction of sp³-hybridized carbons (Fsp3) is 0.130. The van der Waals surface area contributed by atoms with Gasteiger partial charge in [-0.2, -0.15) is 0 Å². The van der Waals surface area contributed by atoms with E-state index in [-0.39, 0.29) is 11.3 Å². The van der Waals surface area contributed by atoms with Gasteiger partial charge in [0.1, 0.15) is 0 Å². The minimum atomic E-state index is -0.0927. The number of fused-ring (bicyclic) bond motifs is 6. The first-order valence-electron chi connectivity index (χ1n) is 8.75. The molecule has 3 heteroatoms. The molecule has 126 valence electrons. The second kappa shape index (κ2) is 5.65. The van der Waals surface area contributed by atoms with Crippen LogP contribution >= 0.6 is 11.6 Å². The zero-order valence-electron chi connectivity index (χ0n) is 14.4. The van der Waals surface area contributed by atoms with Crippen molar-refractivity contribution in [3.8, 4) is 22.5 Å². The molecule has 0 saturated heterocycles. The zero-order valence-corrected chi connectivity index (χ0v) is 15.1. The van der Waals surface area contributed by atoms with E-state index in [0.717, 1.165) is 28.2 Å². The maximum atomic E-state index is 6.16. The summed E-state index contributed by atoms with van der Waals surface area (Å²) in [6.07, 6.45) is 10.6. The average molecular weight is 357 g/mol. The molecule has 5 rings (SSSR count). The quantitative estimate of drug-likeness (QED) is 0.538. The van der Waals surface area contributed by atoms with Crippen LogP contribution < -0.4 is 0 Å². The van der Waals surface area contributed by atoms with Crippen molar-refractivity contribution < 1.29 is 0 Å². The van der Waals surface area contributed by atoms with Gasteiger partial charge in [0, 0.05) is 27.5 Å². The number of allylic oxidation sites excluding steroid dienone is 4. The molecular weight excluding hydrogens is 340 g/mol. The molecule has 2 atom stereocenters. The van der Waals surface area contributed by atoms with Crippen LogP contribution in [0.25, 0.3) is 22.5 Å². The normalized spacial score (nSPS) is 22.5. The summed E-state index contributed by atoms with van der Waals surface area (Å²) < 4.78 is 0. The molecule has 0 radical (unpaired) electrons. The summed E-state index contributed by atoms with van der Waals surface area (Å²) in [6.45, 7) is 2.28. The summed E-state index contributed by atoms with van der Waals surface area (Å²) >= 11 is 6.16. The van der Waals surface area contributed by atoms with Crippen LogP contribution in [0.3, 0.4) is 0 Å². The molecule has 2 aliphatic rings. The smallest absolute Gasteiger partial charge is 0.0934 e. The Balaban J connectivity index is 1.76. The third-order valence-corrected chi connectivity index (χ3v) is 5.72. The van der Waals surface area contributed by atoms with Crippen molar-refractivity contribution in [2.45, 2.75) is 18.3 Å². The Morgan fingerprint density at radius 2 is 1.92 bits per heavy atom. The van der Waals surface area contributed by atoms with Gasteiger partial charge in [-0.3, -0.25) is 4.98 Å². The average Bonchev–Trinajstić information content (AvgIpc) is 2.68. The first-order chi connectivity index (χ1) is 12.7. The van der Waals surface area contributed by atoms with Gasteiger partial charge >= 0.3 is 0 Å². The van der Waals surface area contributed by atoms with Gasteiger partial charge in [0.2, 0.25) is 0 Å². The zero-order chi connectivity index (χ0) is 17.7. The molecule has 0 fully saturated rings. The van der Waals surface area contributed by atoms with Crippen molar-refractivity contribution >= 4 is 11.6 Å². The predicted octanol–water partition coefficient (Wildman–Crippen LogP) is 5.94. The highest BCUT2D eigenvalue weighted by atomic mass is 35.5. The van der Waals surface area contributed by atoms with Gasteiger partial charge in [0.15, 0.2) is 0 Å². The molecule has 26 heavy (non-hydrogen) atoms. The Morgan fingerprint density at radius 3 is 2.81 bits per heavy atom. The molecule has 2 unspecified atom stereocenters. The monoisotopic (exact) mass is 356 g/mol. The van der Waals surface area contributed by atoms with Crippen molar-refractivity contribution in [3.05, 3.63) is 95.3 Å². The van der Waals surface area contributed by atoms with E-state index in [1.165, 1.54) is 5.56 Å². The lowest BCUT2D eigenvalue weighted by atomic mass is 9.63. The molecule has 0 spiro atoms. The lowest BCUT2D eigenvalue weighted by Gasteiger charge is -2.41. The number of nitrogens with zero attached hydrogens (tertiary/aromatic N) is 2. The van der Waals surface area contributed by atoms with Crippen LogP contribution in [-0.2, 0) is 5.41 Å². The van der Waals surface area contributed by atoms with Crippen LogP contribution in [0.2, 0.25) is 5.02 Å². The highest BCUT2D eigenvalue weighted by molar-refractivity contribution is 6.30. The summed E-state index contributed by atoms with van der Waals surface area (Å²) in [5.74, 6) is 0.193. The maximum Gasteiger partial charge on any atom is 0.0934 e. The van der Waals surface area contributed by atoms with Crippen LogP contribution in [0.1, 0.15) is 24.1 Å². The highest BCUT2D eigenvalue weighted by Gasteiger charge is 2.42. The summed E-state index contributed by atoms with van der Waals surface area (Å²) in [6, 6.07) is 16.3.